The van der Waals surface area contributed by atoms with Crippen LogP contribution >= 0.6 is 11.6 Å². The lowest BCUT2D eigenvalue weighted by molar-refractivity contribution is -0.117. The van der Waals surface area contributed by atoms with Crippen molar-refractivity contribution in [2.45, 2.75) is 45.6 Å². The zero-order chi connectivity index (χ0) is 14.9. The monoisotopic (exact) mass is 295 g/mol. The summed E-state index contributed by atoms with van der Waals surface area (Å²) in [4.78, 5) is 14.1. The zero-order valence-corrected chi connectivity index (χ0v) is 13.3. The standard InChI is InChI=1S/C16H22ClNO2/c1-5-20-12-6-7-14-13(8-12)11(2)9-16(3,4)18(14)15(19)10-17/h6-8,11H,5,9-10H2,1-4H3/t11-/m0/s1. The van der Waals surface area contributed by atoms with Crippen LogP contribution in [0.2, 0.25) is 0 Å². The molecule has 0 N–H and O–H groups in total. The SMILES string of the molecule is CCOc1ccc2c(c1)[C@@H](C)CC(C)(C)N2C(=O)CCl. The second kappa shape index (κ2) is 5.65. The minimum atomic E-state index is -0.217. The molecule has 0 fully saturated rings. The van der Waals surface area contributed by atoms with Crippen LogP contribution in [-0.4, -0.2) is 23.9 Å². The van der Waals surface area contributed by atoms with Crippen LogP contribution in [0.4, 0.5) is 5.69 Å². The summed E-state index contributed by atoms with van der Waals surface area (Å²) in [6.07, 6.45) is 0.915. The molecule has 1 aromatic rings. The Balaban J connectivity index is 2.51. The summed E-state index contributed by atoms with van der Waals surface area (Å²) in [5.41, 5.74) is 1.91. The van der Waals surface area contributed by atoms with Crippen LogP contribution in [-0.2, 0) is 4.79 Å². The van der Waals surface area contributed by atoms with E-state index in [1.165, 1.54) is 0 Å². The predicted molar refractivity (Wildman–Crippen MR) is 82.9 cm³/mol. The third-order valence-electron chi connectivity index (χ3n) is 3.86. The van der Waals surface area contributed by atoms with E-state index in [4.69, 9.17) is 16.3 Å². The molecule has 1 aromatic carbocycles. The first kappa shape index (κ1) is 15.2. The average Bonchev–Trinajstić information content (AvgIpc) is 2.38. The van der Waals surface area contributed by atoms with E-state index in [1.807, 2.05) is 30.0 Å². The van der Waals surface area contributed by atoms with Crippen LogP contribution < -0.4 is 9.64 Å². The van der Waals surface area contributed by atoms with E-state index in [2.05, 4.69) is 20.8 Å². The highest BCUT2D eigenvalue weighted by molar-refractivity contribution is 6.29. The van der Waals surface area contributed by atoms with Gasteiger partial charge in [0.15, 0.2) is 0 Å². The molecule has 20 heavy (non-hydrogen) atoms. The van der Waals surface area contributed by atoms with E-state index < -0.39 is 0 Å². The van der Waals surface area contributed by atoms with Crippen molar-refractivity contribution in [3.8, 4) is 5.75 Å². The number of anilines is 1. The van der Waals surface area contributed by atoms with Crippen molar-refractivity contribution < 1.29 is 9.53 Å². The predicted octanol–water partition coefficient (Wildman–Crippen LogP) is 3.94. The van der Waals surface area contributed by atoms with Gasteiger partial charge in [0.25, 0.3) is 0 Å². The van der Waals surface area contributed by atoms with Gasteiger partial charge >= 0.3 is 0 Å². The fourth-order valence-corrected chi connectivity index (χ4v) is 3.32. The third kappa shape index (κ3) is 2.64. The zero-order valence-electron chi connectivity index (χ0n) is 12.6. The Morgan fingerprint density at radius 3 is 2.80 bits per heavy atom. The number of amides is 1. The molecular weight excluding hydrogens is 274 g/mol. The van der Waals surface area contributed by atoms with Crippen molar-refractivity contribution in [1.29, 1.82) is 0 Å². The number of alkyl halides is 1. The van der Waals surface area contributed by atoms with Crippen LogP contribution in [0.5, 0.6) is 5.75 Å². The van der Waals surface area contributed by atoms with Crippen molar-refractivity contribution in [1.82, 2.24) is 0 Å². The van der Waals surface area contributed by atoms with Gasteiger partial charge in [0.05, 0.1) is 6.61 Å². The highest BCUT2D eigenvalue weighted by Gasteiger charge is 2.39. The van der Waals surface area contributed by atoms with Gasteiger partial charge in [-0.05, 0) is 56.9 Å². The van der Waals surface area contributed by atoms with Crippen molar-refractivity contribution in [3.05, 3.63) is 23.8 Å². The van der Waals surface area contributed by atoms with E-state index in [9.17, 15) is 4.79 Å². The van der Waals surface area contributed by atoms with E-state index >= 15 is 0 Å². The van der Waals surface area contributed by atoms with Gasteiger partial charge in [-0.25, -0.2) is 0 Å². The van der Waals surface area contributed by atoms with E-state index in [1.54, 1.807) is 0 Å². The van der Waals surface area contributed by atoms with E-state index in [0.29, 0.717) is 12.5 Å². The number of ether oxygens (including phenoxy) is 1. The van der Waals surface area contributed by atoms with Crippen LogP contribution in [0.25, 0.3) is 0 Å². The van der Waals surface area contributed by atoms with Crippen molar-refractivity contribution in [2.75, 3.05) is 17.4 Å². The number of halogens is 1. The van der Waals surface area contributed by atoms with Gasteiger partial charge < -0.3 is 9.64 Å². The van der Waals surface area contributed by atoms with Crippen molar-refractivity contribution in [3.63, 3.8) is 0 Å². The molecule has 0 aliphatic carbocycles. The van der Waals surface area contributed by atoms with Crippen molar-refractivity contribution in [2.24, 2.45) is 0 Å². The molecule has 110 valence electrons. The third-order valence-corrected chi connectivity index (χ3v) is 4.09. The maximum Gasteiger partial charge on any atom is 0.242 e. The van der Waals surface area contributed by atoms with Crippen LogP contribution in [0.3, 0.4) is 0 Å². The molecule has 0 bridgehead atoms. The number of hydrogen-bond acceptors (Lipinski definition) is 2. The van der Waals surface area contributed by atoms with Crippen LogP contribution in [0, 0.1) is 0 Å². The van der Waals surface area contributed by atoms with Gasteiger partial charge in [0.1, 0.15) is 11.6 Å². The molecule has 0 spiro atoms. The molecular formula is C16H22ClNO2. The smallest absolute Gasteiger partial charge is 0.242 e. The molecule has 0 radical (unpaired) electrons. The normalized spacial score (nSPS) is 20.4. The number of benzene rings is 1. The fraction of sp³-hybridized carbons (Fsp3) is 0.562. The first-order valence-electron chi connectivity index (χ1n) is 7.06. The molecule has 1 aliphatic rings. The average molecular weight is 296 g/mol. The van der Waals surface area contributed by atoms with E-state index in [0.717, 1.165) is 23.4 Å². The summed E-state index contributed by atoms with van der Waals surface area (Å²) in [6, 6.07) is 5.94. The summed E-state index contributed by atoms with van der Waals surface area (Å²) >= 11 is 5.78. The summed E-state index contributed by atoms with van der Waals surface area (Å²) in [6.45, 7) is 8.98. The molecule has 1 aliphatic heterocycles. The van der Waals surface area contributed by atoms with Gasteiger partial charge in [-0.3, -0.25) is 4.79 Å². The number of hydrogen-bond donors (Lipinski definition) is 0. The highest BCUT2D eigenvalue weighted by atomic mass is 35.5. The van der Waals surface area contributed by atoms with Crippen molar-refractivity contribution >= 4 is 23.2 Å². The topological polar surface area (TPSA) is 29.5 Å². The summed E-state index contributed by atoms with van der Waals surface area (Å²) in [5.74, 6) is 1.20. The molecule has 0 saturated heterocycles. The summed E-state index contributed by atoms with van der Waals surface area (Å²) in [5, 5.41) is 0. The Labute approximate surface area is 125 Å². The molecule has 1 heterocycles. The summed E-state index contributed by atoms with van der Waals surface area (Å²) < 4.78 is 5.56. The number of fused-ring (bicyclic) bond motifs is 1. The van der Waals surface area contributed by atoms with Gasteiger partial charge in [-0.1, -0.05) is 6.92 Å². The Bertz CT molecular complexity index is 513. The molecule has 3 nitrogen and oxygen atoms in total. The quantitative estimate of drug-likeness (QED) is 0.790. The molecule has 1 amide bonds. The van der Waals surface area contributed by atoms with Gasteiger partial charge in [0, 0.05) is 11.2 Å². The van der Waals surface area contributed by atoms with Crippen LogP contribution in [0.15, 0.2) is 18.2 Å². The van der Waals surface area contributed by atoms with Gasteiger partial charge in [-0.2, -0.15) is 0 Å². The maximum absolute atomic E-state index is 12.2. The lowest BCUT2D eigenvalue weighted by Crippen LogP contribution is -2.52. The molecule has 2 rings (SSSR count). The minimum absolute atomic E-state index is 0.00443. The Morgan fingerprint density at radius 1 is 1.50 bits per heavy atom. The largest absolute Gasteiger partial charge is 0.494 e. The number of rotatable bonds is 3. The Morgan fingerprint density at radius 2 is 2.20 bits per heavy atom. The Kier molecular flexibility index (Phi) is 4.28. The summed E-state index contributed by atoms with van der Waals surface area (Å²) in [7, 11) is 0. The second-order valence-electron chi connectivity index (χ2n) is 5.93. The number of carbonyl (C=O) groups is 1. The van der Waals surface area contributed by atoms with Gasteiger partial charge in [-0.15, -0.1) is 11.6 Å². The highest BCUT2D eigenvalue weighted by Crippen LogP contribution is 2.44. The Hall–Kier alpha value is -1.22. The molecule has 1 atom stereocenters. The van der Waals surface area contributed by atoms with Crippen LogP contribution in [0.1, 0.15) is 45.6 Å². The lowest BCUT2D eigenvalue weighted by Gasteiger charge is -2.45. The number of nitrogens with zero attached hydrogens (tertiary/aromatic N) is 1. The minimum Gasteiger partial charge on any atom is -0.494 e. The first-order chi connectivity index (χ1) is 9.40. The number of carbonyl (C=O) groups excluding carboxylic acids is 1. The van der Waals surface area contributed by atoms with E-state index in [-0.39, 0.29) is 17.3 Å². The maximum atomic E-state index is 12.2. The fourth-order valence-electron chi connectivity index (χ4n) is 3.20. The molecule has 0 aromatic heterocycles. The first-order valence-corrected chi connectivity index (χ1v) is 7.60. The molecule has 0 saturated carbocycles. The second-order valence-corrected chi connectivity index (χ2v) is 6.20. The lowest BCUT2D eigenvalue weighted by atomic mass is 9.80. The molecule has 0 unspecified atom stereocenters. The molecule has 4 heteroatoms. The van der Waals surface area contributed by atoms with Gasteiger partial charge in [0.2, 0.25) is 5.91 Å².